The van der Waals surface area contributed by atoms with Crippen molar-refractivity contribution in [1.82, 2.24) is 24.9 Å². The minimum atomic E-state index is -0.0372. The second-order valence-corrected chi connectivity index (χ2v) is 7.81. The van der Waals surface area contributed by atoms with Crippen molar-refractivity contribution in [3.05, 3.63) is 66.1 Å². The Morgan fingerprint density at radius 3 is 2.57 bits per heavy atom. The van der Waals surface area contributed by atoms with Crippen molar-refractivity contribution in [2.24, 2.45) is 0 Å². The Morgan fingerprint density at radius 2 is 1.82 bits per heavy atom. The van der Waals surface area contributed by atoms with Crippen LogP contribution in [0.25, 0.3) is 22.8 Å². The summed E-state index contributed by atoms with van der Waals surface area (Å²) in [6.45, 7) is 6.99. The molecule has 0 aliphatic rings. The molecule has 0 aliphatic heterocycles. The van der Waals surface area contributed by atoms with E-state index < -0.39 is 0 Å². The molecular formula is C21H21N5OS. The fraction of sp³-hybridized carbons (Fsp3) is 0.238. The molecule has 2 aromatic heterocycles. The van der Waals surface area contributed by atoms with Crippen LogP contribution < -0.4 is 0 Å². The van der Waals surface area contributed by atoms with Crippen LogP contribution in [0.4, 0.5) is 0 Å². The van der Waals surface area contributed by atoms with E-state index in [2.05, 4.69) is 57.0 Å². The van der Waals surface area contributed by atoms with Gasteiger partial charge in [-0.1, -0.05) is 71.0 Å². The van der Waals surface area contributed by atoms with Crippen LogP contribution in [0.1, 0.15) is 30.6 Å². The first-order valence-electron chi connectivity index (χ1n) is 9.21. The largest absolute Gasteiger partial charge is 0.338 e. The Morgan fingerprint density at radius 1 is 1.04 bits per heavy atom. The summed E-state index contributed by atoms with van der Waals surface area (Å²) >= 11 is 1.57. The number of benzene rings is 2. The van der Waals surface area contributed by atoms with E-state index in [-0.39, 0.29) is 5.25 Å². The highest BCUT2D eigenvalue weighted by molar-refractivity contribution is 7.99. The number of aryl methyl sites for hydroxylation is 1. The molecule has 2 heterocycles. The summed E-state index contributed by atoms with van der Waals surface area (Å²) in [7, 11) is 0. The summed E-state index contributed by atoms with van der Waals surface area (Å²) in [5, 5.41) is 13.7. The Hall–Kier alpha value is -2.93. The third-order valence-corrected chi connectivity index (χ3v) is 5.48. The maximum atomic E-state index is 5.49. The second-order valence-electron chi connectivity index (χ2n) is 6.50. The van der Waals surface area contributed by atoms with Gasteiger partial charge in [0, 0.05) is 17.7 Å². The number of thioether (sulfide) groups is 1. The molecule has 6 nitrogen and oxygen atoms in total. The van der Waals surface area contributed by atoms with Gasteiger partial charge in [-0.2, -0.15) is 4.98 Å². The van der Waals surface area contributed by atoms with E-state index in [0.29, 0.717) is 11.7 Å². The van der Waals surface area contributed by atoms with Crippen LogP contribution in [0.2, 0.25) is 0 Å². The average Bonchev–Trinajstić information content (AvgIpc) is 3.36. The first-order chi connectivity index (χ1) is 13.7. The lowest BCUT2D eigenvalue weighted by atomic mass is 10.1. The van der Waals surface area contributed by atoms with E-state index in [1.807, 2.05) is 43.3 Å². The van der Waals surface area contributed by atoms with Crippen molar-refractivity contribution in [3.8, 4) is 22.8 Å². The Labute approximate surface area is 168 Å². The van der Waals surface area contributed by atoms with Gasteiger partial charge in [-0.3, -0.25) is 0 Å². The lowest BCUT2D eigenvalue weighted by Gasteiger charge is -2.09. The summed E-state index contributed by atoms with van der Waals surface area (Å²) < 4.78 is 7.61. The lowest BCUT2D eigenvalue weighted by molar-refractivity contribution is 0.380. The van der Waals surface area contributed by atoms with Crippen molar-refractivity contribution in [2.45, 2.75) is 37.7 Å². The fourth-order valence-electron chi connectivity index (χ4n) is 2.97. The quantitative estimate of drug-likeness (QED) is 0.422. The Kier molecular flexibility index (Phi) is 5.25. The zero-order valence-corrected chi connectivity index (χ0v) is 16.8. The molecule has 0 amide bonds. The molecule has 0 radical (unpaired) electrons. The predicted molar refractivity (Wildman–Crippen MR) is 110 cm³/mol. The summed E-state index contributed by atoms with van der Waals surface area (Å²) in [5.74, 6) is 2.04. The maximum absolute atomic E-state index is 5.49. The molecule has 142 valence electrons. The molecule has 0 bridgehead atoms. The molecule has 0 N–H and O–H groups in total. The summed E-state index contributed by atoms with van der Waals surface area (Å²) in [6, 6.07) is 18.1. The number of nitrogens with zero attached hydrogens (tertiary/aromatic N) is 5. The van der Waals surface area contributed by atoms with E-state index in [1.54, 1.807) is 11.8 Å². The van der Waals surface area contributed by atoms with Gasteiger partial charge < -0.3 is 9.09 Å². The Balaban J connectivity index is 1.57. The number of hydrogen-bond acceptors (Lipinski definition) is 6. The van der Waals surface area contributed by atoms with Crippen LogP contribution in [0.15, 0.2) is 64.3 Å². The van der Waals surface area contributed by atoms with Gasteiger partial charge in [0.2, 0.25) is 11.7 Å². The molecule has 0 fully saturated rings. The maximum Gasteiger partial charge on any atom is 0.240 e. The zero-order valence-electron chi connectivity index (χ0n) is 16.0. The van der Waals surface area contributed by atoms with Crippen LogP contribution in [-0.2, 0) is 6.54 Å². The lowest BCUT2D eigenvalue weighted by Crippen LogP contribution is -2.01. The van der Waals surface area contributed by atoms with E-state index >= 15 is 0 Å². The molecule has 0 saturated carbocycles. The van der Waals surface area contributed by atoms with Crippen molar-refractivity contribution < 1.29 is 4.52 Å². The van der Waals surface area contributed by atoms with Crippen molar-refractivity contribution in [3.63, 3.8) is 0 Å². The van der Waals surface area contributed by atoms with Crippen molar-refractivity contribution >= 4 is 11.8 Å². The third kappa shape index (κ3) is 3.71. The first kappa shape index (κ1) is 18.4. The van der Waals surface area contributed by atoms with Gasteiger partial charge in [-0.15, -0.1) is 10.2 Å². The molecule has 1 atom stereocenters. The topological polar surface area (TPSA) is 69.6 Å². The van der Waals surface area contributed by atoms with Gasteiger partial charge in [-0.05, 0) is 26.8 Å². The highest BCUT2D eigenvalue weighted by Gasteiger charge is 2.21. The summed E-state index contributed by atoms with van der Waals surface area (Å²) in [4.78, 5) is 4.55. The van der Waals surface area contributed by atoms with Gasteiger partial charge >= 0.3 is 0 Å². The smallest absolute Gasteiger partial charge is 0.240 e. The highest BCUT2D eigenvalue weighted by atomic mass is 32.2. The molecule has 4 rings (SSSR count). The second kappa shape index (κ2) is 7.98. The van der Waals surface area contributed by atoms with Crippen LogP contribution >= 0.6 is 11.8 Å². The third-order valence-electron chi connectivity index (χ3n) is 4.41. The molecule has 2 aromatic carbocycles. The van der Waals surface area contributed by atoms with Crippen LogP contribution in [-0.4, -0.2) is 24.9 Å². The first-order valence-corrected chi connectivity index (χ1v) is 10.1. The normalized spacial score (nSPS) is 12.2. The monoisotopic (exact) mass is 391 g/mol. The predicted octanol–water partition coefficient (Wildman–Crippen LogP) is 5.18. The molecule has 7 heteroatoms. The van der Waals surface area contributed by atoms with Crippen molar-refractivity contribution in [1.29, 1.82) is 0 Å². The highest BCUT2D eigenvalue weighted by Crippen LogP contribution is 2.35. The van der Waals surface area contributed by atoms with Crippen LogP contribution in [0.3, 0.4) is 0 Å². The molecule has 28 heavy (non-hydrogen) atoms. The summed E-state index contributed by atoms with van der Waals surface area (Å²) in [5.41, 5.74) is 3.20. The van der Waals surface area contributed by atoms with E-state index in [9.17, 15) is 0 Å². The molecule has 0 saturated heterocycles. The Bertz CT molecular complexity index is 1070. The number of rotatable bonds is 6. The number of aromatic nitrogens is 5. The number of hydrogen-bond donors (Lipinski definition) is 0. The molecule has 0 spiro atoms. The summed E-state index contributed by atoms with van der Waals surface area (Å²) in [6.07, 6.45) is 0. The van der Waals surface area contributed by atoms with Gasteiger partial charge in [0.1, 0.15) is 0 Å². The molecule has 4 aromatic rings. The SMILES string of the molecule is CCn1c(SC(C)c2nc(-c3ccccc3)no2)nnc1-c1cccc(C)c1. The fourth-order valence-corrected chi connectivity index (χ4v) is 3.92. The van der Waals surface area contributed by atoms with E-state index in [0.717, 1.165) is 28.7 Å². The minimum Gasteiger partial charge on any atom is -0.338 e. The van der Waals surface area contributed by atoms with Gasteiger partial charge in [0.15, 0.2) is 11.0 Å². The van der Waals surface area contributed by atoms with Gasteiger partial charge in [0.05, 0.1) is 5.25 Å². The molecule has 1 unspecified atom stereocenters. The van der Waals surface area contributed by atoms with E-state index in [1.165, 1.54) is 5.56 Å². The zero-order chi connectivity index (χ0) is 19.5. The van der Waals surface area contributed by atoms with Crippen LogP contribution in [0.5, 0.6) is 0 Å². The van der Waals surface area contributed by atoms with Crippen LogP contribution in [0, 0.1) is 6.92 Å². The van der Waals surface area contributed by atoms with Gasteiger partial charge in [-0.25, -0.2) is 0 Å². The average molecular weight is 392 g/mol. The van der Waals surface area contributed by atoms with Gasteiger partial charge in [0.25, 0.3) is 0 Å². The molecular weight excluding hydrogens is 370 g/mol. The molecule has 0 aliphatic carbocycles. The minimum absolute atomic E-state index is 0.0372. The standard InChI is InChI=1S/C21H21N5OS/c1-4-26-19(17-12-8-9-14(2)13-17)23-24-21(26)28-15(3)20-22-18(25-27-20)16-10-6-5-7-11-16/h5-13,15H,4H2,1-3H3. The van der Waals surface area contributed by atoms with E-state index in [4.69, 9.17) is 4.52 Å². The van der Waals surface area contributed by atoms with Crippen molar-refractivity contribution in [2.75, 3.05) is 0 Å².